The first-order chi connectivity index (χ1) is 17.5. The third-order valence-electron chi connectivity index (χ3n) is 6.37. The number of aromatic nitrogens is 2. The van der Waals surface area contributed by atoms with E-state index < -0.39 is 11.6 Å². The lowest BCUT2D eigenvalue weighted by Gasteiger charge is -2.31. The van der Waals surface area contributed by atoms with Crippen molar-refractivity contribution in [1.29, 1.82) is 0 Å². The average Bonchev–Trinajstić information content (AvgIpc) is 3.15. The van der Waals surface area contributed by atoms with Crippen LogP contribution in [0.25, 0.3) is 5.57 Å². The third kappa shape index (κ3) is 5.96. The molecule has 0 spiro atoms. The van der Waals surface area contributed by atoms with Gasteiger partial charge in [0.1, 0.15) is 11.6 Å². The predicted molar refractivity (Wildman–Crippen MR) is 139 cm³/mol. The van der Waals surface area contributed by atoms with Crippen LogP contribution in [0.1, 0.15) is 36.1 Å². The molecule has 9 heteroatoms. The Hall–Kier alpha value is -3.59. The lowest BCUT2D eigenvalue weighted by atomic mass is 10.1. The summed E-state index contributed by atoms with van der Waals surface area (Å²) < 4.78 is 28.6. The zero-order chi connectivity index (χ0) is 25.5. The molecule has 0 atom stereocenters. The van der Waals surface area contributed by atoms with Crippen LogP contribution in [-0.2, 0) is 11.3 Å². The van der Waals surface area contributed by atoms with E-state index in [1.807, 2.05) is 30.2 Å². The fourth-order valence-corrected chi connectivity index (χ4v) is 4.23. The SMILES string of the molecule is CNCCCCNC(=O)C1=CCC=C(c2cnc3c(n2)N(Cc2c(F)ccc(F)c2C)CCN3)C=C1. The Labute approximate surface area is 210 Å². The molecular formula is C27H32F2N6O. The topological polar surface area (TPSA) is 82.2 Å². The second kappa shape index (κ2) is 11.9. The number of hydrogen-bond donors (Lipinski definition) is 3. The highest BCUT2D eigenvalue weighted by molar-refractivity contribution is 5.97. The van der Waals surface area contributed by atoms with Crippen molar-refractivity contribution in [2.45, 2.75) is 32.7 Å². The van der Waals surface area contributed by atoms with E-state index in [2.05, 4.69) is 20.9 Å². The molecule has 2 heterocycles. The van der Waals surface area contributed by atoms with Gasteiger partial charge in [-0.1, -0.05) is 18.2 Å². The minimum Gasteiger partial charge on any atom is -0.365 e. The van der Waals surface area contributed by atoms with Gasteiger partial charge in [-0.2, -0.15) is 0 Å². The van der Waals surface area contributed by atoms with Crippen molar-refractivity contribution in [3.8, 4) is 0 Å². The standard InChI is InChI=1S/C27H32F2N6O/c1-18-21(23(29)11-10-22(18)28)17-35-15-14-31-25-26(35)34-24(16-33-25)19-6-5-7-20(9-8-19)27(36)32-13-4-3-12-30-2/h6-11,16,30H,3-5,12-15,17H2,1-2H3,(H,31,33)(H,32,36). The van der Waals surface area contributed by atoms with E-state index >= 15 is 0 Å². The van der Waals surface area contributed by atoms with Crippen LogP contribution in [0.15, 0.2) is 48.2 Å². The predicted octanol–water partition coefficient (Wildman–Crippen LogP) is 3.88. The van der Waals surface area contributed by atoms with Crippen molar-refractivity contribution in [2.75, 3.05) is 43.4 Å². The number of allylic oxidation sites excluding steroid dienone is 4. The molecule has 0 saturated carbocycles. The van der Waals surface area contributed by atoms with E-state index in [0.717, 1.165) is 37.1 Å². The summed E-state index contributed by atoms with van der Waals surface area (Å²) in [4.78, 5) is 23.8. The van der Waals surface area contributed by atoms with Crippen LogP contribution >= 0.6 is 0 Å². The van der Waals surface area contributed by atoms with Gasteiger partial charge in [-0.15, -0.1) is 0 Å². The molecule has 1 aliphatic carbocycles. The molecule has 2 aliphatic rings. The van der Waals surface area contributed by atoms with E-state index in [1.54, 1.807) is 19.2 Å². The van der Waals surface area contributed by atoms with Crippen molar-refractivity contribution in [1.82, 2.24) is 20.6 Å². The number of nitrogens with zero attached hydrogens (tertiary/aromatic N) is 3. The number of benzene rings is 1. The molecule has 2 aromatic rings. The number of amides is 1. The van der Waals surface area contributed by atoms with Gasteiger partial charge in [-0.3, -0.25) is 4.79 Å². The summed E-state index contributed by atoms with van der Waals surface area (Å²) in [5.74, 6) is 0.235. The first kappa shape index (κ1) is 25.5. The molecule has 1 aliphatic heterocycles. The number of hydrogen-bond acceptors (Lipinski definition) is 6. The van der Waals surface area contributed by atoms with Crippen molar-refractivity contribution < 1.29 is 13.6 Å². The zero-order valence-electron chi connectivity index (χ0n) is 20.7. The number of nitrogens with one attached hydrogen (secondary N) is 3. The normalized spacial score (nSPS) is 14.9. The van der Waals surface area contributed by atoms with Crippen molar-refractivity contribution in [3.05, 3.63) is 76.7 Å². The molecule has 36 heavy (non-hydrogen) atoms. The fourth-order valence-electron chi connectivity index (χ4n) is 4.23. The van der Waals surface area contributed by atoms with E-state index in [0.29, 0.717) is 60.1 Å². The Morgan fingerprint density at radius 3 is 2.78 bits per heavy atom. The summed E-state index contributed by atoms with van der Waals surface area (Å²) in [6, 6.07) is 2.31. The Bertz CT molecular complexity index is 1210. The highest BCUT2D eigenvalue weighted by atomic mass is 19.1. The Morgan fingerprint density at radius 1 is 1.14 bits per heavy atom. The van der Waals surface area contributed by atoms with Crippen molar-refractivity contribution in [2.24, 2.45) is 0 Å². The van der Waals surface area contributed by atoms with Crippen molar-refractivity contribution >= 4 is 23.1 Å². The monoisotopic (exact) mass is 494 g/mol. The molecule has 0 fully saturated rings. The minimum absolute atomic E-state index is 0.0928. The van der Waals surface area contributed by atoms with Gasteiger partial charge in [0.05, 0.1) is 11.9 Å². The number of anilines is 2. The first-order valence-corrected chi connectivity index (χ1v) is 12.3. The number of unbranched alkanes of at least 4 members (excludes halogenated alkanes) is 1. The second-order valence-electron chi connectivity index (χ2n) is 8.86. The van der Waals surface area contributed by atoms with Crippen LogP contribution in [0.5, 0.6) is 0 Å². The largest absolute Gasteiger partial charge is 0.365 e. The van der Waals surface area contributed by atoms with Crippen LogP contribution in [0.3, 0.4) is 0 Å². The smallest absolute Gasteiger partial charge is 0.250 e. The summed E-state index contributed by atoms with van der Waals surface area (Å²) in [7, 11) is 1.91. The fraction of sp³-hybridized carbons (Fsp3) is 0.370. The van der Waals surface area contributed by atoms with Crippen LogP contribution in [0.4, 0.5) is 20.4 Å². The van der Waals surface area contributed by atoms with E-state index in [9.17, 15) is 13.6 Å². The zero-order valence-corrected chi connectivity index (χ0v) is 20.7. The maximum absolute atomic E-state index is 14.5. The van der Waals surface area contributed by atoms with Gasteiger partial charge in [0, 0.05) is 37.3 Å². The molecule has 1 aromatic carbocycles. The molecular weight excluding hydrogens is 462 g/mol. The van der Waals surface area contributed by atoms with E-state index in [-0.39, 0.29) is 12.5 Å². The number of rotatable bonds is 9. The highest BCUT2D eigenvalue weighted by Gasteiger charge is 2.23. The Kier molecular flexibility index (Phi) is 8.43. The van der Waals surface area contributed by atoms with Crippen LogP contribution in [0, 0.1) is 18.6 Å². The molecule has 7 nitrogen and oxygen atoms in total. The average molecular weight is 495 g/mol. The summed E-state index contributed by atoms with van der Waals surface area (Å²) in [5.41, 5.74) is 2.72. The molecule has 1 aromatic heterocycles. The number of carbonyl (C=O) groups excluding carboxylic acids is 1. The van der Waals surface area contributed by atoms with Gasteiger partial charge in [-0.05, 0) is 69.1 Å². The Balaban J connectivity index is 1.48. The van der Waals surface area contributed by atoms with Gasteiger partial charge in [0.2, 0.25) is 0 Å². The molecule has 4 rings (SSSR count). The molecule has 0 saturated heterocycles. The molecule has 1 amide bonds. The molecule has 3 N–H and O–H groups in total. The summed E-state index contributed by atoms with van der Waals surface area (Å²) in [5, 5.41) is 9.29. The highest BCUT2D eigenvalue weighted by Crippen LogP contribution is 2.30. The lowest BCUT2D eigenvalue weighted by Crippen LogP contribution is -2.35. The number of carbonyl (C=O) groups is 1. The van der Waals surface area contributed by atoms with Crippen LogP contribution < -0.4 is 20.9 Å². The Morgan fingerprint density at radius 2 is 1.94 bits per heavy atom. The minimum atomic E-state index is -0.439. The molecule has 0 radical (unpaired) electrons. The quantitative estimate of drug-likeness (QED) is 0.459. The van der Waals surface area contributed by atoms with Gasteiger partial charge >= 0.3 is 0 Å². The van der Waals surface area contributed by atoms with Gasteiger partial charge in [-0.25, -0.2) is 18.7 Å². The number of halogens is 2. The summed E-state index contributed by atoms with van der Waals surface area (Å²) in [6.07, 6.45) is 11.7. The van der Waals surface area contributed by atoms with Gasteiger partial charge in [0.25, 0.3) is 5.91 Å². The van der Waals surface area contributed by atoms with Gasteiger partial charge < -0.3 is 20.9 Å². The van der Waals surface area contributed by atoms with Crippen LogP contribution in [0.2, 0.25) is 0 Å². The maximum Gasteiger partial charge on any atom is 0.250 e. The second-order valence-corrected chi connectivity index (χ2v) is 8.86. The lowest BCUT2D eigenvalue weighted by molar-refractivity contribution is -0.117. The maximum atomic E-state index is 14.5. The first-order valence-electron chi connectivity index (χ1n) is 12.3. The van der Waals surface area contributed by atoms with E-state index in [4.69, 9.17) is 4.98 Å². The molecule has 0 unspecified atom stereocenters. The summed E-state index contributed by atoms with van der Waals surface area (Å²) in [6.45, 7) is 4.54. The van der Waals surface area contributed by atoms with Crippen molar-refractivity contribution in [3.63, 3.8) is 0 Å². The summed E-state index contributed by atoms with van der Waals surface area (Å²) >= 11 is 0. The van der Waals surface area contributed by atoms with Crippen LogP contribution in [-0.4, -0.2) is 49.1 Å². The van der Waals surface area contributed by atoms with E-state index in [1.165, 1.54) is 0 Å². The number of fused-ring (bicyclic) bond motifs is 1. The van der Waals surface area contributed by atoms with Gasteiger partial charge in [0.15, 0.2) is 11.6 Å². The molecule has 0 bridgehead atoms. The third-order valence-corrected chi connectivity index (χ3v) is 6.37. The molecule has 190 valence electrons.